The molecule has 0 aliphatic carbocycles. The molecule has 5 nitrogen and oxygen atoms in total. The normalized spacial score (nSPS) is 24.4. The van der Waals surface area contributed by atoms with Crippen molar-refractivity contribution in [3.05, 3.63) is 23.9 Å². The molecule has 3 aliphatic heterocycles. The molecule has 4 heterocycles. The predicted molar refractivity (Wildman–Crippen MR) is 109 cm³/mol. The van der Waals surface area contributed by atoms with Gasteiger partial charge in [0.25, 0.3) is 5.91 Å². The quantitative estimate of drug-likeness (QED) is 0.795. The third kappa shape index (κ3) is 4.63. The van der Waals surface area contributed by atoms with Gasteiger partial charge in [0.05, 0.1) is 0 Å². The summed E-state index contributed by atoms with van der Waals surface area (Å²) in [5.41, 5.74) is 0.818. The van der Waals surface area contributed by atoms with Gasteiger partial charge < -0.3 is 14.7 Å². The zero-order valence-corrected chi connectivity index (χ0v) is 16.6. The molecule has 1 aromatic heterocycles. The smallest absolute Gasteiger partial charge is 0.254 e. The van der Waals surface area contributed by atoms with Crippen molar-refractivity contribution in [2.75, 3.05) is 44.2 Å². The van der Waals surface area contributed by atoms with Crippen LogP contribution in [0.25, 0.3) is 0 Å². The highest BCUT2D eigenvalue weighted by molar-refractivity contribution is 5.95. The van der Waals surface area contributed by atoms with Crippen LogP contribution in [0.5, 0.6) is 0 Å². The fraction of sp³-hybridized carbons (Fsp3) is 0.727. The zero-order chi connectivity index (χ0) is 18.5. The molecule has 5 heteroatoms. The van der Waals surface area contributed by atoms with E-state index in [4.69, 9.17) is 0 Å². The van der Waals surface area contributed by atoms with E-state index in [1.165, 1.54) is 51.6 Å². The number of hydrogen-bond donors (Lipinski definition) is 0. The monoisotopic (exact) mass is 370 g/mol. The molecule has 0 aromatic carbocycles. The maximum Gasteiger partial charge on any atom is 0.254 e. The highest BCUT2D eigenvalue weighted by Crippen LogP contribution is 2.25. The van der Waals surface area contributed by atoms with Crippen LogP contribution in [0.15, 0.2) is 18.3 Å². The van der Waals surface area contributed by atoms with Crippen LogP contribution in [0.1, 0.15) is 68.1 Å². The van der Waals surface area contributed by atoms with Crippen LogP contribution < -0.4 is 4.90 Å². The van der Waals surface area contributed by atoms with Crippen LogP contribution >= 0.6 is 0 Å². The molecule has 1 atom stereocenters. The third-order valence-corrected chi connectivity index (χ3v) is 6.54. The van der Waals surface area contributed by atoms with Gasteiger partial charge in [-0.05, 0) is 83.0 Å². The Morgan fingerprint density at radius 3 is 2.52 bits per heavy atom. The summed E-state index contributed by atoms with van der Waals surface area (Å²) in [5.74, 6) is 1.19. The molecule has 1 aromatic rings. The van der Waals surface area contributed by atoms with Gasteiger partial charge in [0.2, 0.25) is 0 Å². The van der Waals surface area contributed by atoms with Crippen molar-refractivity contribution in [3.63, 3.8) is 0 Å². The number of hydrogen-bond acceptors (Lipinski definition) is 4. The Hall–Kier alpha value is -1.62. The average molecular weight is 371 g/mol. The summed E-state index contributed by atoms with van der Waals surface area (Å²) >= 11 is 0. The Kier molecular flexibility index (Phi) is 6.28. The van der Waals surface area contributed by atoms with Gasteiger partial charge in [0, 0.05) is 44.0 Å². The number of piperidine rings is 2. The minimum absolute atomic E-state index is 0.210. The minimum Gasteiger partial charge on any atom is -0.357 e. The van der Waals surface area contributed by atoms with E-state index in [-0.39, 0.29) is 5.91 Å². The Morgan fingerprint density at radius 1 is 0.963 bits per heavy atom. The lowest BCUT2D eigenvalue weighted by Crippen LogP contribution is -2.45. The standard InChI is InChI=1S/C22H34N4O/c27-22(19-9-11-23-21(18-19)25-14-3-1-4-15-25)26-16-5-2-8-20(26)10-17-24-12-6-7-13-24/h9,11,18,20H,1-8,10,12-17H2/t20-/m0/s1. The van der Waals surface area contributed by atoms with Gasteiger partial charge in [-0.15, -0.1) is 0 Å². The summed E-state index contributed by atoms with van der Waals surface area (Å²) in [5, 5.41) is 0. The van der Waals surface area contributed by atoms with Crippen molar-refractivity contribution in [3.8, 4) is 0 Å². The summed E-state index contributed by atoms with van der Waals surface area (Å²) in [6.07, 6.45) is 12.9. The SMILES string of the molecule is O=C(c1ccnc(N2CCCCC2)c1)N1CCCC[C@H]1CCN1CCCC1. The minimum atomic E-state index is 0.210. The lowest BCUT2D eigenvalue weighted by molar-refractivity contribution is 0.0588. The van der Waals surface area contributed by atoms with Crippen LogP contribution in [-0.2, 0) is 0 Å². The van der Waals surface area contributed by atoms with Gasteiger partial charge in [0.1, 0.15) is 5.82 Å². The number of pyridine rings is 1. The van der Waals surface area contributed by atoms with Crippen molar-refractivity contribution >= 4 is 11.7 Å². The van der Waals surface area contributed by atoms with Crippen molar-refractivity contribution in [2.45, 2.75) is 63.8 Å². The van der Waals surface area contributed by atoms with Crippen LogP contribution in [0.2, 0.25) is 0 Å². The fourth-order valence-corrected chi connectivity index (χ4v) is 4.92. The van der Waals surface area contributed by atoms with E-state index in [0.29, 0.717) is 6.04 Å². The Labute approximate surface area is 163 Å². The summed E-state index contributed by atoms with van der Waals surface area (Å²) in [6.45, 7) is 6.66. The maximum absolute atomic E-state index is 13.3. The molecule has 3 fully saturated rings. The van der Waals surface area contributed by atoms with Crippen LogP contribution in [0.3, 0.4) is 0 Å². The topological polar surface area (TPSA) is 39.7 Å². The van der Waals surface area contributed by atoms with Crippen LogP contribution in [0, 0.1) is 0 Å². The number of likely N-dealkylation sites (tertiary alicyclic amines) is 2. The van der Waals surface area contributed by atoms with E-state index in [2.05, 4.69) is 19.7 Å². The summed E-state index contributed by atoms with van der Waals surface area (Å²) in [4.78, 5) is 24.9. The Balaban J connectivity index is 1.43. The van der Waals surface area contributed by atoms with E-state index in [1.807, 2.05) is 18.3 Å². The first-order valence-electron chi connectivity index (χ1n) is 11.1. The number of rotatable bonds is 5. The molecule has 0 spiro atoms. The zero-order valence-electron chi connectivity index (χ0n) is 16.6. The number of anilines is 1. The highest BCUT2D eigenvalue weighted by Gasteiger charge is 2.28. The van der Waals surface area contributed by atoms with Crippen LogP contribution in [0.4, 0.5) is 5.82 Å². The lowest BCUT2D eigenvalue weighted by Gasteiger charge is -2.37. The fourth-order valence-electron chi connectivity index (χ4n) is 4.92. The molecule has 148 valence electrons. The second kappa shape index (κ2) is 9.05. The first kappa shape index (κ1) is 18.7. The summed E-state index contributed by atoms with van der Waals surface area (Å²) < 4.78 is 0. The lowest BCUT2D eigenvalue weighted by atomic mass is 9.98. The third-order valence-electron chi connectivity index (χ3n) is 6.54. The predicted octanol–water partition coefficient (Wildman–Crippen LogP) is 3.55. The van der Waals surface area contributed by atoms with E-state index >= 15 is 0 Å². The van der Waals surface area contributed by atoms with Crippen molar-refractivity contribution in [1.29, 1.82) is 0 Å². The van der Waals surface area contributed by atoms with Crippen molar-refractivity contribution in [1.82, 2.24) is 14.8 Å². The second-order valence-corrected chi connectivity index (χ2v) is 8.44. The van der Waals surface area contributed by atoms with E-state index in [1.54, 1.807) is 0 Å². The average Bonchev–Trinajstić information content (AvgIpc) is 3.26. The molecule has 27 heavy (non-hydrogen) atoms. The molecule has 4 rings (SSSR count). The van der Waals surface area contributed by atoms with Gasteiger partial charge in [-0.1, -0.05) is 0 Å². The van der Waals surface area contributed by atoms with Gasteiger partial charge in [-0.2, -0.15) is 0 Å². The molecule has 0 unspecified atom stereocenters. The van der Waals surface area contributed by atoms with Gasteiger partial charge in [-0.3, -0.25) is 4.79 Å². The molecule has 0 radical (unpaired) electrons. The number of carbonyl (C=O) groups excluding carboxylic acids is 1. The summed E-state index contributed by atoms with van der Waals surface area (Å²) in [6, 6.07) is 4.33. The maximum atomic E-state index is 13.3. The number of amides is 1. The molecule has 1 amide bonds. The van der Waals surface area contributed by atoms with Crippen molar-refractivity contribution in [2.24, 2.45) is 0 Å². The molecular formula is C22H34N4O. The van der Waals surface area contributed by atoms with E-state index in [0.717, 1.165) is 56.8 Å². The van der Waals surface area contributed by atoms with E-state index in [9.17, 15) is 4.79 Å². The first-order chi connectivity index (χ1) is 13.3. The number of aromatic nitrogens is 1. The Morgan fingerprint density at radius 2 is 1.70 bits per heavy atom. The Bertz CT molecular complexity index is 622. The first-order valence-corrected chi connectivity index (χ1v) is 11.1. The largest absolute Gasteiger partial charge is 0.357 e. The van der Waals surface area contributed by atoms with Crippen LogP contribution in [-0.4, -0.2) is 66.0 Å². The molecule has 3 saturated heterocycles. The van der Waals surface area contributed by atoms with E-state index < -0.39 is 0 Å². The summed E-state index contributed by atoms with van der Waals surface area (Å²) in [7, 11) is 0. The molecule has 0 bridgehead atoms. The van der Waals surface area contributed by atoms with Gasteiger partial charge >= 0.3 is 0 Å². The highest BCUT2D eigenvalue weighted by atomic mass is 16.2. The number of nitrogens with zero attached hydrogens (tertiary/aromatic N) is 4. The van der Waals surface area contributed by atoms with Crippen molar-refractivity contribution < 1.29 is 4.79 Å². The van der Waals surface area contributed by atoms with Gasteiger partial charge in [0.15, 0.2) is 0 Å². The number of carbonyl (C=O) groups is 1. The van der Waals surface area contributed by atoms with Gasteiger partial charge in [-0.25, -0.2) is 4.98 Å². The second-order valence-electron chi connectivity index (χ2n) is 8.44. The molecule has 0 saturated carbocycles. The molecule has 0 N–H and O–H groups in total. The molecule has 3 aliphatic rings. The molecular weight excluding hydrogens is 336 g/mol.